The molecule has 0 radical (unpaired) electrons. The molecule has 3 heterocycles. The summed E-state index contributed by atoms with van der Waals surface area (Å²) in [7, 11) is 1.95. The quantitative estimate of drug-likeness (QED) is 0.569. The maximum Gasteiger partial charge on any atom is 0.291 e. The van der Waals surface area contributed by atoms with Crippen molar-refractivity contribution in [1.82, 2.24) is 20.1 Å². The lowest BCUT2D eigenvalue weighted by molar-refractivity contribution is -0.117. The van der Waals surface area contributed by atoms with Gasteiger partial charge in [-0.3, -0.25) is 14.5 Å². The molecule has 31 heavy (non-hydrogen) atoms. The number of morpholine rings is 1. The van der Waals surface area contributed by atoms with Crippen LogP contribution in [0, 0.1) is 0 Å². The summed E-state index contributed by atoms with van der Waals surface area (Å²) in [5.74, 6) is -0.675. The van der Waals surface area contributed by atoms with Gasteiger partial charge in [0.1, 0.15) is 5.70 Å². The van der Waals surface area contributed by atoms with Gasteiger partial charge in [0.25, 0.3) is 11.8 Å². The lowest BCUT2D eigenvalue weighted by Gasteiger charge is -2.26. The number of hydrogen-bond donors (Lipinski definition) is 2. The average Bonchev–Trinajstić information content (AvgIpc) is 3.43. The van der Waals surface area contributed by atoms with Gasteiger partial charge in [0.15, 0.2) is 5.76 Å². The van der Waals surface area contributed by atoms with E-state index < -0.39 is 5.91 Å². The fraction of sp³-hybridized carbons (Fsp3) is 0.304. The third-order valence-electron chi connectivity index (χ3n) is 5.28. The number of aromatic nitrogens is 1. The van der Waals surface area contributed by atoms with Crippen molar-refractivity contribution in [3.05, 3.63) is 65.9 Å². The number of nitrogens with zero attached hydrogens (tertiary/aromatic N) is 2. The highest BCUT2D eigenvalue weighted by Crippen LogP contribution is 2.22. The molecule has 162 valence electrons. The minimum Gasteiger partial charge on any atom is -0.459 e. The number of nitrogens with one attached hydrogen (secondary N) is 2. The molecule has 8 heteroatoms. The Bertz CT molecular complexity index is 1080. The number of ether oxygens (including phenoxy) is 1. The molecule has 0 aliphatic carbocycles. The van der Waals surface area contributed by atoms with Gasteiger partial charge in [0.05, 0.1) is 19.5 Å². The molecule has 2 aromatic heterocycles. The van der Waals surface area contributed by atoms with Gasteiger partial charge in [-0.2, -0.15) is 0 Å². The van der Waals surface area contributed by atoms with E-state index in [1.165, 1.54) is 6.26 Å². The van der Waals surface area contributed by atoms with Crippen LogP contribution in [0.4, 0.5) is 0 Å². The molecule has 8 nitrogen and oxygen atoms in total. The Kier molecular flexibility index (Phi) is 6.49. The summed E-state index contributed by atoms with van der Waals surface area (Å²) >= 11 is 0. The molecule has 0 bridgehead atoms. The summed E-state index contributed by atoms with van der Waals surface area (Å²) in [5, 5.41) is 6.61. The zero-order chi connectivity index (χ0) is 21.6. The number of hydrogen-bond acceptors (Lipinski definition) is 5. The van der Waals surface area contributed by atoms with Crippen LogP contribution < -0.4 is 10.6 Å². The van der Waals surface area contributed by atoms with Gasteiger partial charge in [-0.1, -0.05) is 18.2 Å². The minimum atomic E-state index is -0.472. The molecule has 2 N–H and O–H groups in total. The first-order chi connectivity index (χ1) is 15.1. The van der Waals surface area contributed by atoms with Crippen LogP contribution in [-0.4, -0.2) is 60.7 Å². The van der Waals surface area contributed by atoms with E-state index in [1.807, 2.05) is 42.1 Å². The van der Waals surface area contributed by atoms with Crippen molar-refractivity contribution in [2.24, 2.45) is 7.05 Å². The molecule has 2 amide bonds. The molecule has 0 saturated carbocycles. The molecule has 1 aliphatic rings. The highest BCUT2D eigenvalue weighted by atomic mass is 16.5. The number of aryl methyl sites for hydroxylation is 1. The third-order valence-corrected chi connectivity index (χ3v) is 5.28. The van der Waals surface area contributed by atoms with Crippen molar-refractivity contribution in [2.45, 2.75) is 0 Å². The van der Waals surface area contributed by atoms with Crippen molar-refractivity contribution in [1.29, 1.82) is 0 Å². The smallest absolute Gasteiger partial charge is 0.291 e. The van der Waals surface area contributed by atoms with Gasteiger partial charge in [0, 0.05) is 55.9 Å². The minimum absolute atomic E-state index is 0.143. The summed E-state index contributed by atoms with van der Waals surface area (Å²) in [6.45, 7) is 4.32. The van der Waals surface area contributed by atoms with E-state index >= 15 is 0 Å². The molecule has 0 spiro atoms. The van der Waals surface area contributed by atoms with Gasteiger partial charge in [-0.15, -0.1) is 0 Å². The molecular formula is C23H26N4O4. The maximum absolute atomic E-state index is 13.0. The molecule has 1 fully saturated rings. The van der Waals surface area contributed by atoms with Crippen molar-refractivity contribution in [3.8, 4) is 0 Å². The van der Waals surface area contributed by atoms with Gasteiger partial charge < -0.3 is 24.4 Å². The molecule has 0 atom stereocenters. The van der Waals surface area contributed by atoms with Crippen LogP contribution in [0.5, 0.6) is 0 Å². The molecule has 1 aromatic carbocycles. The SMILES string of the molecule is Cn1cc(/C=C(\NC(=O)c2ccco2)C(=O)NCCN2CCOCC2)c2ccccc21. The van der Waals surface area contributed by atoms with Crippen LogP contribution in [0.1, 0.15) is 16.1 Å². The van der Waals surface area contributed by atoms with Crippen LogP contribution in [0.2, 0.25) is 0 Å². The summed E-state index contributed by atoms with van der Waals surface area (Å²) in [6.07, 6.45) is 5.06. The normalized spacial score (nSPS) is 15.2. The number of furan rings is 1. The fourth-order valence-electron chi connectivity index (χ4n) is 3.64. The van der Waals surface area contributed by atoms with Gasteiger partial charge in [-0.25, -0.2) is 0 Å². The van der Waals surface area contributed by atoms with E-state index in [0.717, 1.165) is 36.1 Å². The lowest BCUT2D eigenvalue weighted by Crippen LogP contribution is -2.42. The van der Waals surface area contributed by atoms with Gasteiger partial charge in [-0.05, 0) is 24.3 Å². The van der Waals surface area contributed by atoms with Crippen molar-refractivity contribution in [2.75, 3.05) is 39.4 Å². The second-order valence-corrected chi connectivity index (χ2v) is 7.41. The monoisotopic (exact) mass is 422 g/mol. The summed E-state index contributed by atoms with van der Waals surface area (Å²) in [6, 6.07) is 11.1. The number of benzene rings is 1. The Hall–Kier alpha value is -3.36. The maximum atomic E-state index is 13.0. The van der Waals surface area contributed by atoms with Crippen LogP contribution in [0.25, 0.3) is 17.0 Å². The van der Waals surface area contributed by atoms with Crippen molar-refractivity contribution in [3.63, 3.8) is 0 Å². The van der Waals surface area contributed by atoms with E-state index in [2.05, 4.69) is 15.5 Å². The average molecular weight is 422 g/mol. The van der Waals surface area contributed by atoms with Crippen molar-refractivity contribution < 1.29 is 18.7 Å². The first-order valence-corrected chi connectivity index (χ1v) is 10.3. The molecule has 1 saturated heterocycles. The number of rotatable bonds is 7. The van der Waals surface area contributed by atoms with Crippen LogP contribution in [-0.2, 0) is 16.6 Å². The van der Waals surface area contributed by atoms with Crippen LogP contribution in [0.3, 0.4) is 0 Å². The van der Waals surface area contributed by atoms with E-state index in [9.17, 15) is 9.59 Å². The zero-order valence-electron chi connectivity index (χ0n) is 17.5. The summed E-state index contributed by atoms with van der Waals surface area (Å²) in [4.78, 5) is 27.7. The van der Waals surface area contributed by atoms with Crippen molar-refractivity contribution >= 4 is 28.8 Å². The molecule has 1 aliphatic heterocycles. The standard InChI is InChI=1S/C23H26N4O4/c1-26-16-17(18-5-2-3-6-20(18)26)15-19(25-23(29)21-7-4-12-31-21)22(28)24-8-9-27-10-13-30-14-11-27/h2-7,12,15-16H,8-11,13-14H2,1H3,(H,24,28)(H,25,29)/b19-15-. The lowest BCUT2D eigenvalue weighted by atomic mass is 10.1. The molecular weight excluding hydrogens is 396 g/mol. The Morgan fingerprint density at radius 1 is 1.13 bits per heavy atom. The van der Waals surface area contributed by atoms with E-state index in [0.29, 0.717) is 19.8 Å². The van der Waals surface area contributed by atoms with Crippen LogP contribution in [0.15, 0.2) is 59.0 Å². The summed E-state index contributed by atoms with van der Waals surface area (Å²) < 4.78 is 12.5. The zero-order valence-corrected chi connectivity index (χ0v) is 17.5. The highest BCUT2D eigenvalue weighted by Gasteiger charge is 2.18. The molecule has 0 unspecified atom stereocenters. The first-order valence-electron chi connectivity index (χ1n) is 10.3. The number of carbonyl (C=O) groups excluding carboxylic acids is 2. The number of amides is 2. The third kappa shape index (κ3) is 5.04. The number of fused-ring (bicyclic) bond motifs is 1. The Labute approximate surface area is 180 Å². The number of para-hydroxylation sites is 1. The predicted octanol–water partition coefficient (Wildman–Crippen LogP) is 1.99. The topological polar surface area (TPSA) is 88.7 Å². The van der Waals surface area contributed by atoms with Crippen LogP contribution >= 0.6 is 0 Å². The largest absolute Gasteiger partial charge is 0.459 e. The highest BCUT2D eigenvalue weighted by molar-refractivity contribution is 6.05. The van der Waals surface area contributed by atoms with E-state index in [-0.39, 0.29) is 17.4 Å². The summed E-state index contributed by atoms with van der Waals surface area (Å²) in [5.41, 5.74) is 2.05. The van der Waals surface area contributed by atoms with E-state index in [4.69, 9.17) is 9.15 Å². The van der Waals surface area contributed by atoms with E-state index in [1.54, 1.807) is 18.2 Å². The fourth-order valence-corrected chi connectivity index (χ4v) is 3.64. The second kappa shape index (κ2) is 9.63. The second-order valence-electron chi connectivity index (χ2n) is 7.41. The Morgan fingerprint density at radius 3 is 2.71 bits per heavy atom. The van der Waals surface area contributed by atoms with Gasteiger partial charge in [0.2, 0.25) is 0 Å². The Balaban J connectivity index is 1.53. The molecule has 4 rings (SSSR count). The van der Waals surface area contributed by atoms with Gasteiger partial charge >= 0.3 is 0 Å². The first kappa shape index (κ1) is 20.9. The number of carbonyl (C=O) groups is 2. The predicted molar refractivity (Wildman–Crippen MR) is 117 cm³/mol. The molecule has 3 aromatic rings. The Morgan fingerprint density at radius 2 is 1.94 bits per heavy atom.